The van der Waals surface area contributed by atoms with E-state index in [4.69, 9.17) is 47.4 Å². The maximum absolute atomic E-state index is 15.1. The molecular formula is C58H94O25. The van der Waals surface area contributed by atoms with Gasteiger partial charge in [0, 0.05) is 0 Å². The molecule has 5 aliphatic heterocycles. The largest absolute Gasteiger partial charge is 0.432 e. The highest BCUT2D eigenvalue weighted by molar-refractivity contribution is 5.79. The van der Waals surface area contributed by atoms with E-state index in [1.54, 1.807) is 0 Å². The van der Waals surface area contributed by atoms with Gasteiger partial charge >= 0.3 is 5.97 Å². The van der Waals surface area contributed by atoms with Crippen LogP contribution in [0, 0.1) is 50.2 Å². The molecule has 0 radical (unpaired) electrons. The number of aliphatic hydroxyl groups is 14. The fourth-order valence-corrected chi connectivity index (χ4v) is 17.3. The summed E-state index contributed by atoms with van der Waals surface area (Å²) >= 11 is 0. The third kappa shape index (κ3) is 10.9. The van der Waals surface area contributed by atoms with Crippen molar-refractivity contribution in [3.8, 4) is 0 Å². The molecule has 31 atom stereocenters. The van der Waals surface area contributed by atoms with Gasteiger partial charge in [0.2, 0.25) is 6.29 Å². The van der Waals surface area contributed by atoms with Crippen LogP contribution in [0.2, 0.25) is 0 Å². The Bertz CT molecular complexity index is 2310. The second-order valence-electron chi connectivity index (χ2n) is 28.2. The van der Waals surface area contributed by atoms with Crippen LogP contribution < -0.4 is 0 Å². The second kappa shape index (κ2) is 23.6. The van der Waals surface area contributed by atoms with Crippen molar-refractivity contribution in [1.82, 2.24) is 0 Å². The zero-order valence-corrected chi connectivity index (χ0v) is 48.8. The number of hydrogen-bond acceptors (Lipinski definition) is 25. The van der Waals surface area contributed by atoms with Gasteiger partial charge in [-0.2, -0.15) is 0 Å². The molecule has 9 fully saturated rings. The summed E-state index contributed by atoms with van der Waals surface area (Å²) in [4.78, 5) is 15.1. The van der Waals surface area contributed by atoms with Gasteiger partial charge in [-0.3, -0.25) is 4.79 Å². The predicted octanol–water partition coefficient (Wildman–Crippen LogP) is -1.91. The lowest BCUT2D eigenvalue weighted by molar-refractivity contribution is -0.378. The van der Waals surface area contributed by atoms with E-state index >= 15 is 4.79 Å². The highest BCUT2D eigenvalue weighted by atomic mass is 16.8. The minimum absolute atomic E-state index is 0.137. The zero-order chi connectivity index (χ0) is 60.4. The van der Waals surface area contributed by atoms with Crippen molar-refractivity contribution in [3.05, 3.63) is 11.6 Å². The number of allylic oxidation sites excluding steroid dienone is 2. The highest BCUT2D eigenvalue weighted by Gasteiger charge is 2.70. The fraction of sp³-hybridized carbons (Fsp3) is 0.948. The minimum atomic E-state index is -1.84. The molecule has 25 heteroatoms. The number of rotatable bonds is 12. The SMILES string of the molecule is CC1O[C@@H](OC2C(O)[C@@H](O)CO[C@@H]2OC2CC[C@@]3(C)C(CC[C@]4(C)C3CC=C3C5CC(C)(C)CCC5(C(=O)O[C@@H]5OC(CO[C@H]6OC(CO)[C@H](O)C(O)C6O)[C@H](O)C(O)C5O)CC[C@]34C)C2(C)C)C(O)C(O[C@@H]2OC[C@@H](O)C(O)C2O)[C@H]1O. The predicted molar refractivity (Wildman–Crippen MR) is 282 cm³/mol. The Morgan fingerprint density at radius 3 is 1.86 bits per heavy atom. The van der Waals surface area contributed by atoms with E-state index in [0.717, 1.165) is 32.1 Å². The molecule has 18 unspecified atom stereocenters. The molecule has 5 heterocycles. The van der Waals surface area contributed by atoms with Gasteiger partial charge in [-0.15, -0.1) is 0 Å². The maximum atomic E-state index is 15.1. The highest BCUT2D eigenvalue weighted by Crippen LogP contribution is 2.76. The van der Waals surface area contributed by atoms with Crippen molar-refractivity contribution in [2.75, 3.05) is 26.4 Å². The summed E-state index contributed by atoms with van der Waals surface area (Å²) in [6, 6.07) is 0. The first-order valence-electron chi connectivity index (χ1n) is 30.0. The molecule has 476 valence electrons. The molecule has 0 aromatic heterocycles. The number of hydrogen-bond donors (Lipinski definition) is 14. The zero-order valence-electron chi connectivity index (χ0n) is 48.8. The van der Waals surface area contributed by atoms with E-state index in [2.05, 4.69) is 54.5 Å². The van der Waals surface area contributed by atoms with Gasteiger partial charge in [0.25, 0.3) is 0 Å². The van der Waals surface area contributed by atoms with E-state index < -0.39 is 177 Å². The van der Waals surface area contributed by atoms with Crippen LogP contribution in [-0.4, -0.2) is 251 Å². The Morgan fingerprint density at radius 2 is 1.17 bits per heavy atom. The summed E-state index contributed by atoms with van der Waals surface area (Å²) in [6.45, 7) is 15.6. The molecule has 5 saturated heterocycles. The van der Waals surface area contributed by atoms with Gasteiger partial charge in [-0.1, -0.05) is 60.1 Å². The Hall–Kier alpha value is -1.71. The number of aliphatic hydroxyl groups excluding tert-OH is 14. The van der Waals surface area contributed by atoms with E-state index in [-0.39, 0.29) is 52.6 Å². The average molecular weight is 1190 g/mol. The standard InChI is InChI=1S/C58H94O25/c1-24-34(62)45(81-48-41(69)35(63)27(60)21-74-48)44(72)50(77-24)82-46-36(64)28(61)22-75-51(46)80-33-12-13-55(6)31(54(33,4)5)11-14-57(8)32(55)10-9-25-26-19-53(2,3)15-17-58(26,18-16-56(25,57)7)52(73)83-49-43(71)40(68)38(66)30(79-49)23-76-47-42(70)39(67)37(65)29(20-59)78-47/h9,24,26-51,59-72H,10-23H2,1-8H3/t24?,26?,27-,28+,29?,30?,31?,32?,33?,34+,35?,36?,37+,38+,39?,40?,41?,42?,43?,44?,45?,46?,47+,48+,49+,50+,51-,55+,56-,57-,58?/m1/s1. The summed E-state index contributed by atoms with van der Waals surface area (Å²) in [6.07, 6.45) is -26.8. The molecule has 5 aliphatic carbocycles. The first-order valence-corrected chi connectivity index (χ1v) is 30.0. The van der Waals surface area contributed by atoms with Crippen LogP contribution in [-0.2, 0) is 52.2 Å². The van der Waals surface area contributed by atoms with E-state index in [0.29, 0.717) is 32.1 Å². The molecule has 83 heavy (non-hydrogen) atoms. The van der Waals surface area contributed by atoms with Crippen molar-refractivity contribution >= 4 is 5.97 Å². The first kappa shape index (κ1) is 64.3. The third-order valence-electron chi connectivity index (χ3n) is 22.7. The molecule has 25 nitrogen and oxygen atoms in total. The van der Waals surface area contributed by atoms with Crippen LogP contribution in [0.5, 0.6) is 0 Å². The van der Waals surface area contributed by atoms with Crippen LogP contribution in [0.15, 0.2) is 11.6 Å². The van der Waals surface area contributed by atoms with Gasteiger partial charge in [-0.25, -0.2) is 0 Å². The van der Waals surface area contributed by atoms with Crippen LogP contribution >= 0.6 is 0 Å². The average Bonchev–Trinajstić information content (AvgIpc) is 3.50. The number of esters is 1. The molecule has 4 saturated carbocycles. The lowest BCUT2D eigenvalue weighted by Crippen LogP contribution is -2.66. The second-order valence-corrected chi connectivity index (χ2v) is 28.2. The molecule has 14 N–H and O–H groups in total. The topological polar surface area (TPSA) is 393 Å². The molecule has 0 aromatic carbocycles. The Morgan fingerprint density at radius 1 is 0.566 bits per heavy atom. The van der Waals surface area contributed by atoms with Gasteiger partial charge in [0.05, 0.1) is 44.1 Å². The van der Waals surface area contributed by atoms with Crippen LogP contribution in [0.4, 0.5) is 0 Å². The van der Waals surface area contributed by atoms with Crippen molar-refractivity contribution < 1.29 is 124 Å². The summed E-state index contributed by atoms with van der Waals surface area (Å²) in [5, 5.41) is 150. The van der Waals surface area contributed by atoms with Crippen molar-refractivity contribution in [2.45, 2.75) is 267 Å². The summed E-state index contributed by atoms with van der Waals surface area (Å²) in [5.74, 6) is -0.468. The number of fused-ring (bicyclic) bond motifs is 7. The fourth-order valence-electron chi connectivity index (χ4n) is 17.3. The van der Waals surface area contributed by atoms with Gasteiger partial charge in [-0.05, 0) is 116 Å². The van der Waals surface area contributed by atoms with Crippen molar-refractivity contribution in [1.29, 1.82) is 0 Å². The molecule has 0 bridgehead atoms. The normalized spacial score (nSPS) is 54.2. The van der Waals surface area contributed by atoms with Crippen LogP contribution in [0.3, 0.4) is 0 Å². The van der Waals surface area contributed by atoms with Gasteiger partial charge in [0.15, 0.2) is 25.2 Å². The Balaban J connectivity index is 0.840. The van der Waals surface area contributed by atoms with E-state index in [1.165, 1.54) is 12.5 Å². The first-order chi connectivity index (χ1) is 38.8. The summed E-state index contributed by atoms with van der Waals surface area (Å²) in [7, 11) is 0. The van der Waals surface area contributed by atoms with E-state index in [1.807, 2.05) is 0 Å². The summed E-state index contributed by atoms with van der Waals surface area (Å²) in [5.41, 5.74) is -1.17. The van der Waals surface area contributed by atoms with Crippen molar-refractivity contribution in [2.24, 2.45) is 50.2 Å². The van der Waals surface area contributed by atoms with Gasteiger partial charge in [0.1, 0.15) is 104 Å². The molecule has 10 rings (SSSR count). The molecule has 0 amide bonds. The minimum Gasteiger partial charge on any atom is -0.432 e. The number of ether oxygens (including phenoxy) is 10. The molecule has 0 aromatic rings. The van der Waals surface area contributed by atoms with Crippen LogP contribution in [0.1, 0.15) is 120 Å². The van der Waals surface area contributed by atoms with Gasteiger partial charge < -0.3 is 119 Å². The monoisotopic (exact) mass is 1190 g/mol. The Labute approximate surface area is 483 Å². The molecular weight excluding hydrogens is 1100 g/mol. The lowest BCUT2D eigenvalue weighted by Gasteiger charge is -2.71. The summed E-state index contributed by atoms with van der Waals surface area (Å²) < 4.78 is 59.6. The maximum Gasteiger partial charge on any atom is 0.315 e. The molecule has 10 aliphatic rings. The number of carbonyl (C=O) groups excluding carboxylic acids is 1. The quantitative estimate of drug-likeness (QED) is 0.0576. The van der Waals surface area contributed by atoms with E-state index in [9.17, 15) is 71.5 Å². The Kier molecular flexibility index (Phi) is 18.3. The third-order valence-corrected chi connectivity index (χ3v) is 22.7. The number of carbonyl (C=O) groups is 1. The lowest BCUT2D eigenvalue weighted by atomic mass is 9.33. The smallest absolute Gasteiger partial charge is 0.315 e. The van der Waals surface area contributed by atoms with Crippen molar-refractivity contribution in [3.63, 3.8) is 0 Å². The molecule has 0 spiro atoms. The van der Waals surface area contributed by atoms with Crippen LogP contribution in [0.25, 0.3) is 0 Å².